The van der Waals surface area contributed by atoms with Gasteiger partial charge in [0, 0.05) is 0 Å². The molecule has 0 atom stereocenters. The molecule has 0 aliphatic rings. The van der Waals surface area contributed by atoms with Gasteiger partial charge in [-0.25, -0.2) is 20.8 Å². The molecule has 0 aliphatic carbocycles. The van der Waals surface area contributed by atoms with E-state index in [-0.39, 0.29) is 0 Å². The summed E-state index contributed by atoms with van der Waals surface area (Å²) in [6.07, 6.45) is 1.44. The highest BCUT2D eigenvalue weighted by molar-refractivity contribution is 8.01. The molecule has 0 saturated carbocycles. The largest absolute Gasteiger partial charge is 0.490 e. The molecule has 0 unspecified atom stereocenters. The van der Waals surface area contributed by atoms with Gasteiger partial charge in [-0.15, -0.1) is 11.3 Å². The van der Waals surface area contributed by atoms with E-state index >= 15 is 0 Å². The molecule has 102 valence electrons. The highest BCUT2D eigenvalue weighted by atomic mass is 32.2. The maximum absolute atomic E-state index is 5.41. The number of benzene rings is 1. The molecule has 0 amide bonds. The van der Waals surface area contributed by atoms with E-state index in [0.717, 1.165) is 14.6 Å². The number of fused-ring (bicyclic) bond motifs is 1. The molecule has 3 aromatic rings. The van der Waals surface area contributed by atoms with Gasteiger partial charge in [0.1, 0.15) is 6.33 Å². The van der Waals surface area contributed by atoms with Gasteiger partial charge in [0.05, 0.1) is 17.3 Å². The second-order valence-electron chi connectivity index (χ2n) is 3.75. The summed E-state index contributed by atoms with van der Waals surface area (Å²) >= 11 is 3.04. The number of hydrogen-bond donors (Lipinski definition) is 2. The van der Waals surface area contributed by atoms with E-state index in [1.807, 2.05) is 24.3 Å². The average Bonchev–Trinajstić information content (AvgIpc) is 2.89. The average molecular weight is 305 g/mol. The van der Waals surface area contributed by atoms with Gasteiger partial charge in [-0.3, -0.25) is 0 Å². The van der Waals surface area contributed by atoms with Gasteiger partial charge in [0.2, 0.25) is 0 Å². The Hall–Kier alpha value is -1.90. The predicted molar refractivity (Wildman–Crippen MR) is 80.1 cm³/mol. The zero-order valence-electron chi connectivity index (χ0n) is 10.5. The van der Waals surface area contributed by atoms with Crippen molar-refractivity contribution in [2.24, 2.45) is 5.84 Å². The summed E-state index contributed by atoms with van der Waals surface area (Å²) in [4.78, 5) is 12.8. The van der Waals surface area contributed by atoms with Crippen LogP contribution in [0.3, 0.4) is 0 Å². The normalized spacial score (nSPS) is 10.7. The number of hydrazine groups is 1. The summed E-state index contributed by atoms with van der Waals surface area (Å²) in [5.74, 6) is 6.37. The Balaban J connectivity index is 1.98. The Bertz CT molecular complexity index is 713. The SMILES string of the molecule is COc1c(NN)ncnc1Sc1nc2ccccc2s1. The van der Waals surface area contributed by atoms with Crippen LogP contribution in [0.1, 0.15) is 0 Å². The summed E-state index contributed by atoms with van der Waals surface area (Å²) in [6.45, 7) is 0. The summed E-state index contributed by atoms with van der Waals surface area (Å²) in [5.41, 5.74) is 3.47. The number of nitrogens with two attached hydrogens (primary N) is 1. The van der Waals surface area contributed by atoms with E-state index in [9.17, 15) is 0 Å². The third-order valence-corrected chi connectivity index (χ3v) is 4.65. The van der Waals surface area contributed by atoms with Gasteiger partial charge in [-0.2, -0.15) is 0 Å². The van der Waals surface area contributed by atoms with Crippen LogP contribution >= 0.6 is 23.1 Å². The molecule has 0 spiro atoms. The summed E-state index contributed by atoms with van der Waals surface area (Å²) in [5, 5.41) is 0.675. The number of thiazole rings is 1. The molecule has 2 heterocycles. The summed E-state index contributed by atoms with van der Waals surface area (Å²) in [6, 6.07) is 8.00. The summed E-state index contributed by atoms with van der Waals surface area (Å²) < 4.78 is 7.34. The molecule has 6 nitrogen and oxygen atoms in total. The maximum Gasteiger partial charge on any atom is 0.195 e. The van der Waals surface area contributed by atoms with Gasteiger partial charge < -0.3 is 10.2 Å². The van der Waals surface area contributed by atoms with Crippen LogP contribution in [0, 0.1) is 0 Å². The number of nitrogens with zero attached hydrogens (tertiary/aromatic N) is 3. The molecular formula is C12H11N5OS2. The maximum atomic E-state index is 5.41. The minimum atomic E-state index is 0.450. The number of nitrogens with one attached hydrogen (secondary N) is 1. The molecule has 20 heavy (non-hydrogen) atoms. The van der Waals surface area contributed by atoms with Crippen LogP contribution in [0.25, 0.3) is 10.2 Å². The monoisotopic (exact) mass is 305 g/mol. The minimum Gasteiger partial charge on any atom is -0.490 e. The topological polar surface area (TPSA) is 86.0 Å². The van der Waals surface area contributed by atoms with Crippen LogP contribution in [-0.2, 0) is 0 Å². The van der Waals surface area contributed by atoms with Crippen molar-refractivity contribution >= 4 is 39.1 Å². The molecule has 2 aromatic heterocycles. The molecule has 0 fully saturated rings. The van der Waals surface area contributed by atoms with Crippen molar-refractivity contribution in [2.75, 3.05) is 12.5 Å². The smallest absolute Gasteiger partial charge is 0.195 e. The molecule has 8 heteroatoms. The Morgan fingerprint density at radius 3 is 2.90 bits per heavy atom. The highest BCUT2D eigenvalue weighted by Crippen LogP contribution is 2.39. The standard InChI is InChI=1S/C12H11N5OS2/c1-18-9-10(17-13)14-6-15-11(9)20-12-16-7-4-2-3-5-8(7)19-12/h2-6H,13H2,1H3,(H,14,15,17). The number of anilines is 1. The first kappa shape index (κ1) is 13.1. The van der Waals surface area contributed by atoms with Crippen molar-refractivity contribution in [1.29, 1.82) is 0 Å². The van der Waals surface area contributed by atoms with Crippen molar-refractivity contribution in [2.45, 2.75) is 9.37 Å². The zero-order valence-corrected chi connectivity index (χ0v) is 12.2. The van der Waals surface area contributed by atoms with Crippen molar-refractivity contribution in [3.8, 4) is 5.75 Å². The number of nitrogen functional groups attached to an aromatic ring is 1. The lowest BCUT2D eigenvalue weighted by Gasteiger charge is -2.08. The van der Waals surface area contributed by atoms with Gasteiger partial charge in [-0.05, 0) is 23.9 Å². The molecule has 0 bridgehead atoms. The number of para-hydroxylation sites is 1. The van der Waals surface area contributed by atoms with Crippen LogP contribution in [0.2, 0.25) is 0 Å². The zero-order chi connectivity index (χ0) is 13.9. The molecule has 3 rings (SSSR count). The lowest BCUT2D eigenvalue weighted by Crippen LogP contribution is -2.10. The molecular weight excluding hydrogens is 294 g/mol. The van der Waals surface area contributed by atoms with Crippen molar-refractivity contribution in [3.63, 3.8) is 0 Å². The van der Waals surface area contributed by atoms with Crippen LogP contribution in [0.15, 0.2) is 40.0 Å². The lowest BCUT2D eigenvalue weighted by atomic mass is 10.3. The fourth-order valence-corrected chi connectivity index (χ4v) is 3.75. The van der Waals surface area contributed by atoms with Crippen LogP contribution in [0.5, 0.6) is 5.75 Å². The van der Waals surface area contributed by atoms with Crippen molar-refractivity contribution in [1.82, 2.24) is 15.0 Å². The van der Waals surface area contributed by atoms with E-state index < -0.39 is 0 Å². The second-order valence-corrected chi connectivity index (χ2v) is 6.02. The number of ether oxygens (including phenoxy) is 1. The molecule has 0 saturated heterocycles. The van der Waals surface area contributed by atoms with Crippen LogP contribution in [-0.4, -0.2) is 22.1 Å². The van der Waals surface area contributed by atoms with Crippen molar-refractivity contribution < 1.29 is 4.74 Å². The Kier molecular flexibility index (Phi) is 3.68. The molecule has 1 aromatic carbocycles. The first-order valence-corrected chi connectivity index (χ1v) is 7.34. The molecule has 0 aliphatic heterocycles. The summed E-state index contributed by atoms with van der Waals surface area (Å²) in [7, 11) is 1.56. The van der Waals surface area contributed by atoms with E-state index in [1.165, 1.54) is 18.1 Å². The van der Waals surface area contributed by atoms with Gasteiger partial charge in [0.25, 0.3) is 0 Å². The van der Waals surface area contributed by atoms with Crippen LogP contribution < -0.4 is 16.0 Å². The van der Waals surface area contributed by atoms with Crippen LogP contribution in [0.4, 0.5) is 5.82 Å². The first-order valence-electron chi connectivity index (χ1n) is 5.71. The van der Waals surface area contributed by atoms with E-state index in [4.69, 9.17) is 10.6 Å². The third-order valence-electron chi connectivity index (χ3n) is 2.57. The van der Waals surface area contributed by atoms with Crippen molar-refractivity contribution in [3.05, 3.63) is 30.6 Å². The number of hydrogen-bond acceptors (Lipinski definition) is 8. The first-order chi connectivity index (χ1) is 9.81. The molecule has 3 N–H and O–H groups in total. The van der Waals surface area contributed by atoms with E-state index in [2.05, 4.69) is 20.4 Å². The van der Waals surface area contributed by atoms with Gasteiger partial charge >= 0.3 is 0 Å². The number of rotatable bonds is 4. The fraction of sp³-hybridized carbons (Fsp3) is 0.0833. The van der Waals surface area contributed by atoms with Gasteiger partial charge in [0.15, 0.2) is 20.9 Å². The van der Waals surface area contributed by atoms with E-state index in [1.54, 1.807) is 18.4 Å². The Labute approximate surface area is 123 Å². The predicted octanol–water partition coefficient (Wildman–Crippen LogP) is 2.53. The van der Waals surface area contributed by atoms with E-state index in [0.29, 0.717) is 16.6 Å². The third kappa shape index (κ3) is 2.40. The van der Waals surface area contributed by atoms with Gasteiger partial charge in [-0.1, -0.05) is 12.1 Å². The Morgan fingerprint density at radius 2 is 2.15 bits per heavy atom. The quantitative estimate of drug-likeness (QED) is 0.435. The number of methoxy groups -OCH3 is 1. The fourth-order valence-electron chi connectivity index (χ4n) is 1.69. The minimum absolute atomic E-state index is 0.450. The highest BCUT2D eigenvalue weighted by Gasteiger charge is 2.14. The Morgan fingerprint density at radius 1 is 1.30 bits per heavy atom. The second kappa shape index (κ2) is 5.61. The molecule has 0 radical (unpaired) electrons. The number of aromatic nitrogens is 3. The lowest BCUT2D eigenvalue weighted by molar-refractivity contribution is 0.400.